The summed E-state index contributed by atoms with van der Waals surface area (Å²) in [6, 6.07) is 12.7. The maximum atomic E-state index is 10.9. The maximum Gasteiger partial charge on any atom is 0.337 e. The van der Waals surface area contributed by atoms with Gasteiger partial charge < -0.3 is 16.6 Å². The molecule has 5 N–H and O–H groups in total. The van der Waals surface area contributed by atoms with Gasteiger partial charge in [0.15, 0.2) is 0 Å². The van der Waals surface area contributed by atoms with Crippen LogP contribution < -0.4 is 11.5 Å². The van der Waals surface area contributed by atoms with Crippen molar-refractivity contribution in [3.05, 3.63) is 53.6 Å². The van der Waals surface area contributed by atoms with Gasteiger partial charge in [0.25, 0.3) is 0 Å². The van der Waals surface area contributed by atoms with E-state index in [-0.39, 0.29) is 11.3 Å². The highest BCUT2D eigenvalue weighted by Crippen LogP contribution is 2.24. The van der Waals surface area contributed by atoms with Gasteiger partial charge >= 0.3 is 5.97 Å². The first-order valence-corrected chi connectivity index (χ1v) is 5.54. The first-order chi connectivity index (χ1) is 8.61. The molecule has 0 saturated heterocycles. The van der Waals surface area contributed by atoms with E-state index in [1.54, 1.807) is 12.1 Å². The van der Waals surface area contributed by atoms with Crippen molar-refractivity contribution in [3.8, 4) is 11.1 Å². The lowest BCUT2D eigenvalue weighted by molar-refractivity contribution is 0.0698. The standard InChI is InChI=1S/C14H14N2O2/c15-8-9-2-1-3-10(6-9)11-4-5-12(14(17)18)13(16)7-11/h1-7H,8,15-16H2,(H,17,18). The normalized spacial score (nSPS) is 10.3. The highest BCUT2D eigenvalue weighted by Gasteiger charge is 2.08. The molecule has 0 fully saturated rings. The van der Waals surface area contributed by atoms with Gasteiger partial charge in [-0.1, -0.05) is 24.3 Å². The molecule has 0 bridgehead atoms. The van der Waals surface area contributed by atoms with Crippen molar-refractivity contribution in [2.75, 3.05) is 5.73 Å². The SMILES string of the molecule is NCc1cccc(-c2ccc(C(=O)O)c(N)c2)c1. The molecule has 0 aliphatic rings. The summed E-state index contributed by atoms with van der Waals surface area (Å²) in [4.78, 5) is 10.9. The van der Waals surface area contributed by atoms with E-state index in [1.165, 1.54) is 6.07 Å². The maximum absolute atomic E-state index is 10.9. The Morgan fingerprint density at radius 3 is 2.44 bits per heavy atom. The Labute approximate surface area is 105 Å². The van der Waals surface area contributed by atoms with Gasteiger partial charge in [0.05, 0.1) is 5.56 Å². The molecular formula is C14H14N2O2. The Balaban J connectivity index is 2.45. The summed E-state index contributed by atoms with van der Waals surface area (Å²) < 4.78 is 0. The van der Waals surface area contributed by atoms with Crippen LogP contribution in [-0.4, -0.2) is 11.1 Å². The van der Waals surface area contributed by atoms with Gasteiger partial charge in [-0.3, -0.25) is 0 Å². The fourth-order valence-corrected chi connectivity index (χ4v) is 1.81. The van der Waals surface area contributed by atoms with Crippen LogP contribution in [0.3, 0.4) is 0 Å². The number of carboxylic acids is 1. The monoisotopic (exact) mass is 242 g/mol. The van der Waals surface area contributed by atoms with E-state index in [0.717, 1.165) is 16.7 Å². The number of nitrogens with two attached hydrogens (primary N) is 2. The highest BCUT2D eigenvalue weighted by molar-refractivity contribution is 5.94. The van der Waals surface area contributed by atoms with Crippen LogP contribution in [0.15, 0.2) is 42.5 Å². The predicted octanol–water partition coefficient (Wildman–Crippen LogP) is 2.09. The van der Waals surface area contributed by atoms with Crippen molar-refractivity contribution < 1.29 is 9.90 Å². The minimum Gasteiger partial charge on any atom is -0.478 e. The number of carbonyl (C=O) groups is 1. The molecule has 0 spiro atoms. The van der Waals surface area contributed by atoms with Crippen LogP contribution in [0.1, 0.15) is 15.9 Å². The van der Waals surface area contributed by atoms with Crippen LogP contribution in [0, 0.1) is 0 Å². The van der Waals surface area contributed by atoms with Gasteiger partial charge in [-0.05, 0) is 34.9 Å². The van der Waals surface area contributed by atoms with Crippen molar-refractivity contribution in [2.45, 2.75) is 6.54 Å². The van der Waals surface area contributed by atoms with E-state index in [0.29, 0.717) is 6.54 Å². The molecule has 2 aromatic rings. The zero-order valence-corrected chi connectivity index (χ0v) is 9.76. The molecule has 0 aliphatic heterocycles. The molecule has 4 heteroatoms. The first kappa shape index (κ1) is 12.1. The molecule has 18 heavy (non-hydrogen) atoms. The van der Waals surface area contributed by atoms with Gasteiger partial charge in [-0.15, -0.1) is 0 Å². The summed E-state index contributed by atoms with van der Waals surface area (Å²) in [5.74, 6) is -1.02. The van der Waals surface area contributed by atoms with Gasteiger partial charge in [-0.2, -0.15) is 0 Å². The molecule has 0 aliphatic carbocycles. The second kappa shape index (κ2) is 4.89. The molecule has 0 saturated carbocycles. The Kier molecular flexibility index (Phi) is 3.30. The van der Waals surface area contributed by atoms with Crippen molar-refractivity contribution in [3.63, 3.8) is 0 Å². The van der Waals surface area contributed by atoms with Crippen LogP contribution >= 0.6 is 0 Å². The smallest absolute Gasteiger partial charge is 0.337 e. The molecule has 0 heterocycles. The van der Waals surface area contributed by atoms with Gasteiger partial charge in [0.2, 0.25) is 0 Å². The second-order valence-electron chi connectivity index (χ2n) is 4.01. The minimum atomic E-state index is -1.02. The number of hydrogen-bond donors (Lipinski definition) is 3. The number of carboxylic acid groups (broad SMARTS) is 1. The summed E-state index contributed by atoms with van der Waals surface area (Å²) in [7, 11) is 0. The highest BCUT2D eigenvalue weighted by atomic mass is 16.4. The number of aromatic carboxylic acids is 1. The van der Waals surface area contributed by atoms with E-state index in [1.807, 2.05) is 24.3 Å². The third-order valence-electron chi connectivity index (χ3n) is 2.78. The average molecular weight is 242 g/mol. The largest absolute Gasteiger partial charge is 0.478 e. The summed E-state index contributed by atoms with van der Waals surface area (Å²) in [5.41, 5.74) is 14.6. The lowest BCUT2D eigenvalue weighted by Crippen LogP contribution is -2.02. The van der Waals surface area contributed by atoms with E-state index < -0.39 is 5.97 Å². The fourth-order valence-electron chi connectivity index (χ4n) is 1.81. The lowest BCUT2D eigenvalue weighted by atomic mass is 10.0. The third-order valence-corrected chi connectivity index (χ3v) is 2.78. The number of nitrogen functional groups attached to an aromatic ring is 1. The van der Waals surface area contributed by atoms with E-state index >= 15 is 0 Å². The van der Waals surface area contributed by atoms with Gasteiger partial charge in [0, 0.05) is 12.2 Å². The zero-order valence-electron chi connectivity index (χ0n) is 9.76. The Bertz CT molecular complexity index is 594. The summed E-state index contributed by atoms with van der Waals surface area (Å²) >= 11 is 0. The molecule has 0 unspecified atom stereocenters. The van der Waals surface area contributed by atoms with Crippen LogP contribution in [0.2, 0.25) is 0 Å². The van der Waals surface area contributed by atoms with Crippen LogP contribution in [0.25, 0.3) is 11.1 Å². The van der Waals surface area contributed by atoms with Crippen LogP contribution in [0.4, 0.5) is 5.69 Å². The molecule has 0 radical (unpaired) electrons. The molecule has 0 atom stereocenters. The van der Waals surface area contributed by atoms with Crippen molar-refractivity contribution in [1.29, 1.82) is 0 Å². The average Bonchev–Trinajstić information content (AvgIpc) is 2.38. The summed E-state index contributed by atoms with van der Waals surface area (Å²) in [6.45, 7) is 0.469. The quantitative estimate of drug-likeness (QED) is 0.719. The number of anilines is 1. The topological polar surface area (TPSA) is 89.3 Å². The number of benzene rings is 2. The van der Waals surface area contributed by atoms with Crippen LogP contribution in [-0.2, 0) is 6.54 Å². The Morgan fingerprint density at radius 2 is 1.83 bits per heavy atom. The fraction of sp³-hybridized carbons (Fsp3) is 0.0714. The Morgan fingerprint density at radius 1 is 1.11 bits per heavy atom. The minimum absolute atomic E-state index is 0.119. The molecule has 0 amide bonds. The number of hydrogen-bond acceptors (Lipinski definition) is 3. The molecule has 2 aromatic carbocycles. The lowest BCUT2D eigenvalue weighted by Gasteiger charge is -2.07. The molecule has 92 valence electrons. The molecule has 0 aromatic heterocycles. The van der Waals surface area contributed by atoms with Crippen molar-refractivity contribution in [2.24, 2.45) is 5.73 Å². The van der Waals surface area contributed by atoms with Gasteiger partial charge in [-0.25, -0.2) is 4.79 Å². The molecular weight excluding hydrogens is 228 g/mol. The van der Waals surface area contributed by atoms with Crippen LogP contribution in [0.5, 0.6) is 0 Å². The van der Waals surface area contributed by atoms with E-state index in [9.17, 15) is 4.79 Å². The molecule has 4 nitrogen and oxygen atoms in total. The summed E-state index contributed by atoms with van der Waals surface area (Å²) in [6.07, 6.45) is 0. The van der Waals surface area contributed by atoms with Crippen molar-refractivity contribution in [1.82, 2.24) is 0 Å². The number of rotatable bonds is 3. The second-order valence-corrected chi connectivity index (χ2v) is 4.01. The molecule has 2 rings (SSSR count). The predicted molar refractivity (Wildman–Crippen MR) is 71.1 cm³/mol. The van der Waals surface area contributed by atoms with Crippen molar-refractivity contribution >= 4 is 11.7 Å². The zero-order chi connectivity index (χ0) is 13.1. The van der Waals surface area contributed by atoms with E-state index in [4.69, 9.17) is 16.6 Å². The van der Waals surface area contributed by atoms with Gasteiger partial charge in [0.1, 0.15) is 0 Å². The third kappa shape index (κ3) is 2.33. The van der Waals surface area contributed by atoms with E-state index in [2.05, 4.69) is 0 Å². The first-order valence-electron chi connectivity index (χ1n) is 5.54. The Hall–Kier alpha value is -2.33. The summed E-state index contributed by atoms with van der Waals surface area (Å²) in [5, 5.41) is 8.91.